The van der Waals surface area contributed by atoms with Gasteiger partial charge in [0.25, 0.3) is 0 Å². The molecule has 0 saturated carbocycles. The lowest BCUT2D eigenvalue weighted by molar-refractivity contribution is -0.357. The highest BCUT2D eigenvalue weighted by Gasteiger charge is 2.29. The Morgan fingerprint density at radius 2 is 1.52 bits per heavy atom. The molecule has 0 spiro atoms. The molecule has 0 fully saturated rings. The van der Waals surface area contributed by atoms with Gasteiger partial charge in [-0.3, -0.25) is 0 Å². The molecule has 0 radical (unpaired) electrons. The van der Waals surface area contributed by atoms with Gasteiger partial charge in [-0.2, -0.15) is 0 Å². The zero-order valence-electron chi connectivity index (χ0n) is 17.6. The highest BCUT2D eigenvalue weighted by atomic mass is 32.2. The van der Waals surface area contributed by atoms with E-state index in [1.807, 2.05) is 23.5 Å². The summed E-state index contributed by atoms with van der Waals surface area (Å²) in [6.07, 6.45) is 8.66. The van der Waals surface area contributed by atoms with Gasteiger partial charge in [0.1, 0.15) is 0 Å². The molecule has 0 bridgehead atoms. The Bertz CT molecular complexity index is 999. The van der Waals surface area contributed by atoms with Gasteiger partial charge in [-0.15, -0.1) is 23.5 Å². The van der Waals surface area contributed by atoms with Gasteiger partial charge >= 0.3 is 0 Å². The van der Waals surface area contributed by atoms with Gasteiger partial charge in [0.15, 0.2) is 5.71 Å². The minimum atomic E-state index is 0.157. The quantitative estimate of drug-likeness (QED) is 0.628. The molecular formula is C25H29N2S2+. The van der Waals surface area contributed by atoms with Crippen LogP contribution in [0.3, 0.4) is 0 Å². The van der Waals surface area contributed by atoms with Crippen LogP contribution >= 0.6 is 23.5 Å². The Hall–Kier alpha value is -1.91. The number of allylic oxidation sites excluding steroid dienone is 4. The first-order valence-corrected chi connectivity index (χ1v) is 11.8. The van der Waals surface area contributed by atoms with E-state index in [0.29, 0.717) is 0 Å². The van der Waals surface area contributed by atoms with Gasteiger partial charge in [-0.1, -0.05) is 30.3 Å². The van der Waals surface area contributed by atoms with Crippen molar-refractivity contribution in [2.24, 2.45) is 0 Å². The maximum Gasteiger partial charge on any atom is 0.217 e. The number of nitrogens with one attached hydrogen (secondary N) is 2. The molecule has 4 rings (SSSR count). The summed E-state index contributed by atoms with van der Waals surface area (Å²) in [7, 11) is 0. The molecule has 0 aromatic heterocycles. The van der Waals surface area contributed by atoms with Gasteiger partial charge in [0, 0.05) is 45.1 Å². The Morgan fingerprint density at radius 1 is 0.862 bits per heavy atom. The Kier molecular flexibility index (Phi) is 5.67. The zero-order valence-corrected chi connectivity index (χ0v) is 19.2. The van der Waals surface area contributed by atoms with Crippen molar-refractivity contribution in [2.75, 3.05) is 5.32 Å². The van der Waals surface area contributed by atoms with E-state index in [1.54, 1.807) is 0 Å². The molecule has 2 nitrogen and oxygen atoms in total. The molecule has 0 unspecified atom stereocenters. The summed E-state index contributed by atoms with van der Waals surface area (Å²) < 4.78 is 0.315. The normalized spacial score (nSPS) is 21.5. The molecular weight excluding hydrogens is 392 g/mol. The number of anilines is 1. The molecule has 4 heteroatoms. The van der Waals surface area contributed by atoms with Gasteiger partial charge in [-0.25, -0.2) is 4.99 Å². The van der Waals surface area contributed by atoms with Gasteiger partial charge in [0.05, 0.1) is 10.6 Å². The standard InChI is InChI=1S/C25H28N2S2/c1-24(2)16-18(26-20-12-5-7-14-22(20)28-24)10-9-11-19-17-25(3,4)29-23-15-8-6-13-21(23)27-19/h5-15,26H,16-17H2,1-4H3/p+1. The second-order valence-corrected chi connectivity index (χ2v) is 12.4. The average Bonchev–Trinajstić information content (AvgIpc) is 2.85. The molecule has 0 aliphatic carbocycles. The lowest BCUT2D eigenvalue weighted by atomic mass is 10.0. The second kappa shape index (κ2) is 8.08. The largest absolute Gasteiger partial charge is 0.358 e. The summed E-state index contributed by atoms with van der Waals surface area (Å²) in [5.74, 6) is 0. The molecule has 2 aliphatic rings. The highest BCUT2D eigenvalue weighted by Crippen LogP contribution is 2.44. The van der Waals surface area contributed by atoms with E-state index in [2.05, 4.69) is 105 Å². The van der Waals surface area contributed by atoms with Crippen molar-refractivity contribution in [1.82, 2.24) is 0 Å². The molecule has 0 atom stereocenters. The van der Waals surface area contributed by atoms with E-state index in [1.165, 1.54) is 32.6 Å². The van der Waals surface area contributed by atoms with Crippen LogP contribution in [0, 0.1) is 0 Å². The van der Waals surface area contributed by atoms with E-state index in [0.717, 1.165) is 12.8 Å². The van der Waals surface area contributed by atoms with Crippen molar-refractivity contribution in [3.05, 3.63) is 72.5 Å². The summed E-state index contributed by atoms with van der Waals surface area (Å²) in [6.45, 7) is 9.27. The van der Waals surface area contributed by atoms with E-state index >= 15 is 0 Å². The molecule has 0 saturated heterocycles. The maximum atomic E-state index is 3.65. The third-order valence-electron chi connectivity index (χ3n) is 4.96. The molecule has 150 valence electrons. The number of thioether (sulfide) groups is 2. The van der Waals surface area contributed by atoms with Gasteiger partial charge in [-0.05, 0) is 52.0 Å². The van der Waals surface area contributed by atoms with Crippen LogP contribution in [0.1, 0.15) is 40.5 Å². The first-order valence-electron chi connectivity index (χ1n) is 10.1. The number of hydrogen-bond donors (Lipinski definition) is 2. The third-order valence-corrected chi connectivity index (χ3v) is 7.51. The fraction of sp³-hybridized carbons (Fsp3) is 0.320. The second-order valence-electron chi connectivity index (χ2n) is 8.90. The number of para-hydroxylation sites is 2. The SMILES string of the molecule is CC1(C)CC(=CC=CC2=[NH+]c3ccccc3SC(C)(C)C2)Nc2ccccc2S1. The molecule has 2 aromatic rings. The minimum Gasteiger partial charge on any atom is -0.358 e. The molecule has 2 heterocycles. The van der Waals surface area contributed by atoms with E-state index in [-0.39, 0.29) is 9.49 Å². The molecule has 0 amide bonds. The fourth-order valence-electron chi connectivity index (χ4n) is 3.82. The van der Waals surface area contributed by atoms with Crippen molar-refractivity contribution >= 4 is 40.6 Å². The number of fused-ring (bicyclic) bond motifs is 2. The zero-order chi connectivity index (χ0) is 20.5. The number of rotatable bonds is 2. The van der Waals surface area contributed by atoms with Gasteiger partial charge < -0.3 is 5.32 Å². The summed E-state index contributed by atoms with van der Waals surface area (Å²) >= 11 is 3.89. The van der Waals surface area contributed by atoms with Crippen LogP contribution in [-0.4, -0.2) is 15.2 Å². The first kappa shape index (κ1) is 20.4. The van der Waals surface area contributed by atoms with Gasteiger partial charge in [0.2, 0.25) is 5.69 Å². The van der Waals surface area contributed by atoms with Crippen molar-refractivity contribution in [3.8, 4) is 0 Å². The third kappa shape index (κ3) is 5.18. The Morgan fingerprint density at radius 3 is 2.34 bits per heavy atom. The summed E-state index contributed by atoms with van der Waals surface area (Å²) in [4.78, 5) is 6.29. The Balaban J connectivity index is 1.60. The highest BCUT2D eigenvalue weighted by molar-refractivity contribution is 8.01. The molecule has 29 heavy (non-hydrogen) atoms. The number of benzene rings is 2. The summed E-state index contributed by atoms with van der Waals surface area (Å²) in [6, 6.07) is 17.2. The van der Waals surface area contributed by atoms with Crippen LogP contribution in [0.5, 0.6) is 0 Å². The predicted octanol–water partition coefficient (Wildman–Crippen LogP) is 5.94. The van der Waals surface area contributed by atoms with Crippen molar-refractivity contribution in [2.45, 2.75) is 59.8 Å². The summed E-state index contributed by atoms with van der Waals surface area (Å²) in [5, 5.41) is 3.65. The minimum absolute atomic E-state index is 0.157. The predicted molar refractivity (Wildman–Crippen MR) is 128 cm³/mol. The summed E-state index contributed by atoms with van der Waals surface area (Å²) in [5.41, 5.74) is 4.92. The first-order chi connectivity index (χ1) is 13.8. The van der Waals surface area contributed by atoms with E-state index < -0.39 is 0 Å². The molecule has 2 aromatic carbocycles. The molecule has 2 aliphatic heterocycles. The van der Waals surface area contributed by atoms with Crippen molar-refractivity contribution < 1.29 is 4.99 Å². The smallest absolute Gasteiger partial charge is 0.217 e. The van der Waals surface area contributed by atoms with Crippen molar-refractivity contribution in [1.29, 1.82) is 0 Å². The van der Waals surface area contributed by atoms with Crippen LogP contribution in [-0.2, 0) is 0 Å². The molecule has 2 N–H and O–H groups in total. The van der Waals surface area contributed by atoms with Crippen LogP contribution in [0.15, 0.2) is 82.2 Å². The van der Waals surface area contributed by atoms with E-state index in [9.17, 15) is 0 Å². The lowest BCUT2D eigenvalue weighted by Crippen LogP contribution is -2.66. The van der Waals surface area contributed by atoms with Crippen LogP contribution < -0.4 is 10.3 Å². The van der Waals surface area contributed by atoms with E-state index in [4.69, 9.17) is 0 Å². The van der Waals surface area contributed by atoms with Crippen LogP contribution in [0.2, 0.25) is 0 Å². The number of hydrogen-bond acceptors (Lipinski definition) is 3. The van der Waals surface area contributed by atoms with Crippen LogP contribution in [0.4, 0.5) is 11.4 Å². The lowest BCUT2D eigenvalue weighted by Gasteiger charge is -2.21. The maximum absolute atomic E-state index is 3.65. The van der Waals surface area contributed by atoms with Crippen LogP contribution in [0.25, 0.3) is 0 Å². The average molecular weight is 422 g/mol. The monoisotopic (exact) mass is 421 g/mol. The topological polar surface area (TPSA) is 26.0 Å². The Labute approximate surface area is 183 Å². The van der Waals surface area contributed by atoms with Crippen molar-refractivity contribution in [3.63, 3.8) is 0 Å². The fourth-order valence-corrected chi connectivity index (χ4v) is 6.22.